The van der Waals surface area contributed by atoms with Crippen LogP contribution in [0.3, 0.4) is 0 Å². The van der Waals surface area contributed by atoms with Gasteiger partial charge in [-0.05, 0) is 69.2 Å². The molecule has 752 valence electrons. The van der Waals surface area contributed by atoms with Crippen LogP contribution in [0.1, 0.15) is 75.9 Å². The third-order valence-corrected chi connectivity index (χ3v) is 23.6. The van der Waals surface area contributed by atoms with Crippen LogP contribution in [0.15, 0.2) is 215 Å². The van der Waals surface area contributed by atoms with E-state index < -0.39 is 260 Å². The zero-order chi connectivity index (χ0) is 102. The Morgan fingerprint density at radius 1 is 0.350 bits per heavy atom. The summed E-state index contributed by atoms with van der Waals surface area (Å²) in [7, 11) is 0. The molecule has 20 atom stereocenters. The van der Waals surface area contributed by atoms with Crippen molar-refractivity contribution in [2.24, 2.45) is 0 Å². The van der Waals surface area contributed by atoms with E-state index >= 15 is 0 Å². The van der Waals surface area contributed by atoms with Gasteiger partial charge in [-0.15, -0.1) is 0 Å². The van der Waals surface area contributed by atoms with Gasteiger partial charge in [0.2, 0.25) is 0 Å². The second-order valence-electron chi connectivity index (χ2n) is 32.9. The fraction of sp³-hybridized carbons (Fsp3) is 0.409. The Morgan fingerprint density at radius 2 is 0.686 bits per heavy atom. The van der Waals surface area contributed by atoms with Crippen LogP contribution in [-0.2, 0) is 74.7 Å². The van der Waals surface area contributed by atoms with E-state index in [4.69, 9.17) is 32.7 Å². The van der Waals surface area contributed by atoms with Crippen molar-refractivity contribution in [3.05, 3.63) is 331 Å². The van der Waals surface area contributed by atoms with Gasteiger partial charge in [0, 0.05) is 88.9 Å². The van der Waals surface area contributed by atoms with Crippen molar-refractivity contribution in [1.82, 2.24) is 56.0 Å². The number of aryl methyl sites for hydroxylation is 4. The van der Waals surface area contributed by atoms with Gasteiger partial charge in [0.1, 0.15) is 126 Å². The smallest absolute Gasteiger partial charge is 0.333 e. The Labute approximate surface area is 777 Å². The minimum Gasteiger partial charge on any atom is -0.394 e. The highest BCUT2D eigenvalue weighted by Crippen LogP contribution is 2.36. The summed E-state index contributed by atoms with van der Waals surface area (Å²) < 4.78 is 157. The number of aliphatic hydroxyl groups excluding tert-OH is 15. The minimum absolute atomic E-state index is 0.0267. The van der Waals surface area contributed by atoms with Crippen molar-refractivity contribution in [3.63, 3.8) is 0 Å². The maximum Gasteiger partial charge on any atom is 0.333 e. The molecule has 5 saturated heterocycles. The highest BCUT2D eigenvalue weighted by atomic mass is 19.3. The van der Waals surface area contributed by atoms with Crippen LogP contribution in [0.2, 0.25) is 0 Å². The highest BCUT2D eigenvalue weighted by Gasteiger charge is 2.50. The second kappa shape index (κ2) is 43.4. The summed E-state index contributed by atoms with van der Waals surface area (Å²) in [6.07, 6.45) is -21.6. The van der Waals surface area contributed by atoms with Gasteiger partial charge in [0.25, 0.3) is 39.6 Å². The van der Waals surface area contributed by atoms with Crippen LogP contribution in [0.4, 0.5) is 35.1 Å². The quantitative estimate of drug-likeness (QED) is 0.0280. The molecule has 5 fully saturated rings. The molecule has 15 N–H and O–H groups in total. The summed E-state index contributed by atoms with van der Waals surface area (Å²) >= 11 is 0. The summed E-state index contributed by atoms with van der Waals surface area (Å²) in [5, 5.41) is 154. The zero-order valence-corrected chi connectivity index (χ0v) is 73.4. The summed E-state index contributed by atoms with van der Waals surface area (Å²) in [5.41, 5.74) is -8.30. The van der Waals surface area contributed by atoms with Crippen molar-refractivity contribution in [2.75, 3.05) is 33.0 Å². The van der Waals surface area contributed by atoms with Gasteiger partial charge in [0.15, 0.2) is 42.3 Å². The van der Waals surface area contributed by atoms with E-state index in [9.17, 15) is 160 Å². The number of nitrogens with zero attached hydrogens (tertiary/aromatic N) is 12. The first kappa shape index (κ1) is 104. The third kappa shape index (κ3) is 21.4. The predicted octanol–water partition coefficient (Wildman–Crippen LogP) is -3.21. The monoisotopic (exact) mass is 1980 g/mol. The Balaban J connectivity index is 0.000000147. The van der Waals surface area contributed by atoms with Crippen molar-refractivity contribution < 1.29 is 144 Å². The lowest BCUT2D eigenvalue weighted by Gasteiger charge is -2.22. The molecule has 0 amide bonds. The Morgan fingerprint density at radius 3 is 1.06 bits per heavy atom. The molecule has 7 aromatic heterocycles. The molecule has 5 unspecified atom stereocenters. The molecule has 52 heteroatoms. The van der Waals surface area contributed by atoms with Crippen LogP contribution in [0, 0.1) is 44.0 Å². The number of alkyl halides is 4. The van der Waals surface area contributed by atoms with E-state index in [1.54, 1.807) is 12.1 Å². The molecule has 140 heavy (non-hydrogen) atoms. The third-order valence-electron chi connectivity index (χ3n) is 23.6. The lowest BCUT2D eigenvalue weighted by atomic mass is 10.1. The molecule has 0 aliphatic carbocycles. The number of fused-ring (bicyclic) bond motifs is 2. The van der Waals surface area contributed by atoms with Crippen LogP contribution >= 0.6 is 0 Å². The number of hydrogen-bond acceptors (Lipinski definition) is 34. The van der Waals surface area contributed by atoms with Crippen LogP contribution in [-0.4, -0.2) is 257 Å². The predicted molar refractivity (Wildman–Crippen MR) is 461 cm³/mol. The fourth-order valence-electron chi connectivity index (χ4n) is 16.0. The fourth-order valence-corrected chi connectivity index (χ4v) is 16.0. The Hall–Kier alpha value is -12.9. The Bertz CT molecular complexity index is 6960. The maximum absolute atomic E-state index is 14.6. The van der Waals surface area contributed by atoms with E-state index in [0.717, 1.165) is 79.5 Å². The summed E-state index contributed by atoms with van der Waals surface area (Å²) in [4.78, 5) is 125. The molecule has 0 radical (unpaired) electrons. The number of rotatable bonds is 23. The lowest BCUT2D eigenvalue weighted by molar-refractivity contribution is -0.0578. The first-order valence-corrected chi connectivity index (χ1v) is 42.5. The zero-order valence-electron chi connectivity index (χ0n) is 73.4. The molecule has 0 spiro atoms. The van der Waals surface area contributed by atoms with Crippen LogP contribution in [0.25, 0.3) is 21.9 Å². The maximum atomic E-state index is 14.6. The number of halogens is 8. The van der Waals surface area contributed by atoms with Crippen molar-refractivity contribution >= 4 is 21.9 Å². The molecule has 44 nitrogen and oxygen atoms in total. The first-order valence-electron chi connectivity index (χ1n) is 42.5. The first-order chi connectivity index (χ1) is 66.4. The largest absolute Gasteiger partial charge is 0.394 e. The van der Waals surface area contributed by atoms with Crippen molar-refractivity contribution in [1.29, 1.82) is 0 Å². The average Bonchev–Trinajstić information content (AvgIpc) is 1.48. The molecule has 0 bridgehead atoms. The average molecular weight is 1980 g/mol. The van der Waals surface area contributed by atoms with Gasteiger partial charge in [-0.1, -0.05) is 83.1 Å². The summed E-state index contributed by atoms with van der Waals surface area (Å²) in [6.45, 7) is -2.07. The van der Waals surface area contributed by atoms with Gasteiger partial charge in [-0.2, -0.15) is 17.6 Å². The molecular formula is C88H92F8N12O32. The normalized spacial score (nSPS) is 25.0. The molecule has 5 aliphatic heterocycles. The Kier molecular flexibility index (Phi) is 32.4. The molecular weight excluding hydrogens is 1890 g/mol. The number of benzene rings is 5. The number of ether oxygens (including phenoxy) is 5. The van der Waals surface area contributed by atoms with E-state index in [1.807, 2.05) is 0 Å². The van der Waals surface area contributed by atoms with E-state index in [-0.39, 0.29) is 81.8 Å². The van der Waals surface area contributed by atoms with Gasteiger partial charge < -0.3 is 109 Å². The lowest BCUT2D eigenvalue weighted by Crippen LogP contribution is -2.46. The van der Waals surface area contributed by atoms with Crippen molar-refractivity contribution in [2.45, 2.75) is 194 Å². The minimum atomic E-state index is -3.50. The molecule has 17 rings (SSSR count). The van der Waals surface area contributed by atoms with Gasteiger partial charge >= 0.3 is 28.4 Å². The topological polar surface area (TPSA) is 622 Å². The van der Waals surface area contributed by atoms with Gasteiger partial charge in [-0.25, -0.2) is 41.5 Å². The molecule has 12 heterocycles. The summed E-state index contributed by atoms with van der Waals surface area (Å²) in [5.74, 6) is -9.66. The van der Waals surface area contributed by atoms with Crippen LogP contribution < -0.4 is 56.2 Å². The SMILES string of the molecule is Cc1cn([C@@H]2O[C@H](CO)[C@H](O)C2O)c(=O)n(CC(F)(F)c2ccccc2)c1=O.Cc1cn([C@@H]2O[C@H](CO)[C@H](O)C2O)c(=O)n(CC(F)(F)c2ccccc2)c1=O.Cc1cn([C@@H]2O[C@H](CO)[C@H](O)C2O)c(=O)n(CCc2ccc(F)cc2F)c1=O.O=c1ccn([C@@H]2O[C@H](CO)[C@H](O)C2O)c(=O)n1Cc1noc2ccc(F)cc12.O=c1ccn([C@@H]2O[C@H](CO)[C@H](O)C2O)c(=O)n1Cc1noc2cccc(F)c12. The number of aliphatic hydroxyl groups is 15. The highest BCUT2D eigenvalue weighted by molar-refractivity contribution is 5.80. The number of hydrogen-bond donors (Lipinski definition) is 15. The molecule has 0 saturated carbocycles. The van der Waals surface area contributed by atoms with E-state index in [0.29, 0.717) is 26.2 Å². The van der Waals surface area contributed by atoms with Crippen molar-refractivity contribution in [3.8, 4) is 0 Å². The van der Waals surface area contributed by atoms with E-state index in [1.165, 1.54) is 118 Å². The number of aromatic nitrogens is 12. The summed E-state index contributed by atoms with van der Waals surface area (Å²) in [6, 6.07) is 26.6. The molecule has 5 aliphatic rings. The second-order valence-corrected chi connectivity index (χ2v) is 32.9. The van der Waals surface area contributed by atoms with Gasteiger partial charge in [0.05, 0.1) is 64.6 Å². The molecule has 5 aromatic carbocycles. The molecule has 12 aromatic rings. The van der Waals surface area contributed by atoms with Gasteiger partial charge in [-0.3, -0.25) is 69.6 Å². The van der Waals surface area contributed by atoms with Crippen LogP contribution in [0.5, 0.6) is 0 Å². The van der Waals surface area contributed by atoms with E-state index in [2.05, 4.69) is 10.3 Å². The standard InChI is InChI=1S/3C18H20F2N2O6.2C17H16FN3O7/c1-9-7-22(17-15(25)14(24)13(8-23)28-17)18(27)21(16(9)26)5-4-10-2-3-11(19)6-12(10)20;2*1-10-7-21(16-14(25)13(24)12(8-23)28-16)17(27)22(15(10)26)9-18(19,20)11-5-3-2-4-6-11;18-8-1-2-11-9(5-8)10(19-28-11)6-21-13(23)3-4-20(17(21)26)16-15(25)14(24)12(7-22)27-16;18-8-2-1-3-10-13(8)9(19-28-10)6-21-12(23)4-5-20(17(21)26)16-15(25)14(24)11(7-22)27-16/h2-3,6-7,13-15,17,23-25H,4-5,8H2,1H3;2*2-7,12-14,16,23-25H,8-9H2,1H3;1-5,12,14-16,22,24-25H,6-7H2;1-5,11,14-16,22,24-25H,6-7H2/t13-,14+,15?,17-;2*12-,13+,14?,16-;12-,14+,15?,16-;11-,14+,15?,16-/m11111/s1.